The van der Waals surface area contributed by atoms with Crippen LogP contribution in [0.15, 0.2) is 42.5 Å². The standard InChI is InChI=1S/C18H21N5/c19-17-16-15(22-18(20)23-17)12-11-14(21-16)10-6-2-5-9-13-7-3-1-4-8-13/h1,3-4,7-8,11-12H,2,5-6,9-10H2,(H4,19,20,22,23). The minimum atomic E-state index is 0.186. The Bertz CT molecular complexity index is 786. The summed E-state index contributed by atoms with van der Waals surface area (Å²) < 4.78 is 0. The monoisotopic (exact) mass is 307 g/mol. The van der Waals surface area contributed by atoms with Gasteiger partial charge < -0.3 is 11.5 Å². The number of nitrogens with two attached hydrogens (primary N) is 2. The average Bonchev–Trinajstić information content (AvgIpc) is 2.56. The van der Waals surface area contributed by atoms with Crippen molar-refractivity contribution in [2.75, 3.05) is 11.5 Å². The molecule has 0 saturated carbocycles. The molecule has 2 aromatic heterocycles. The van der Waals surface area contributed by atoms with Crippen molar-refractivity contribution in [3.63, 3.8) is 0 Å². The predicted molar refractivity (Wildman–Crippen MR) is 93.9 cm³/mol. The van der Waals surface area contributed by atoms with Crippen LogP contribution < -0.4 is 11.5 Å². The van der Waals surface area contributed by atoms with Crippen molar-refractivity contribution in [1.29, 1.82) is 0 Å². The fraction of sp³-hybridized carbons (Fsp3) is 0.278. The van der Waals surface area contributed by atoms with E-state index in [1.807, 2.05) is 12.1 Å². The lowest BCUT2D eigenvalue weighted by atomic mass is 10.1. The molecule has 0 aliphatic carbocycles. The van der Waals surface area contributed by atoms with Crippen LogP contribution in [0.25, 0.3) is 11.0 Å². The predicted octanol–water partition coefficient (Wildman–Crippen LogP) is 3.14. The Morgan fingerprint density at radius 2 is 1.52 bits per heavy atom. The first-order valence-electron chi connectivity index (χ1n) is 7.95. The molecule has 3 rings (SSSR count). The van der Waals surface area contributed by atoms with Gasteiger partial charge in [-0.3, -0.25) is 0 Å². The highest BCUT2D eigenvalue weighted by atomic mass is 15.0. The van der Waals surface area contributed by atoms with Crippen molar-refractivity contribution < 1.29 is 0 Å². The molecule has 0 fully saturated rings. The minimum Gasteiger partial charge on any atom is -0.382 e. The average molecular weight is 307 g/mol. The molecule has 0 amide bonds. The number of benzene rings is 1. The maximum Gasteiger partial charge on any atom is 0.222 e. The number of aromatic nitrogens is 3. The van der Waals surface area contributed by atoms with E-state index in [1.165, 1.54) is 18.4 Å². The number of pyridine rings is 1. The van der Waals surface area contributed by atoms with E-state index in [0.29, 0.717) is 16.9 Å². The lowest BCUT2D eigenvalue weighted by Crippen LogP contribution is -2.03. The van der Waals surface area contributed by atoms with E-state index in [9.17, 15) is 0 Å². The fourth-order valence-corrected chi connectivity index (χ4v) is 2.69. The largest absolute Gasteiger partial charge is 0.382 e. The smallest absolute Gasteiger partial charge is 0.222 e. The zero-order valence-corrected chi connectivity index (χ0v) is 13.1. The highest BCUT2D eigenvalue weighted by molar-refractivity contribution is 5.84. The molecule has 2 heterocycles. The van der Waals surface area contributed by atoms with Crippen molar-refractivity contribution in [3.05, 3.63) is 53.7 Å². The van der Waals surface area contributed by atoms with Gasteiger partial charge in [-0.2, -0.15) is 4.98 Å². The summed E-state index contributed by atoms with van der Waals surface area (Å²) in [5, 5.41) is 0. The Kier molecular flexibility index (Phi) is 4.66. The number of fused-ring (bicyclic) bond motifs is 1. The van der Waals surface area contributed by atoms with Gasteiger partial charge in [0.2, 0.25) is 5.95 Å². The molecular formula is C18H21N5. The van der Waals surface area contributed by atoms with Gasteiger partial charge in [-0.1, -0.05) is 36.8 Å². The van der Waals surface area contributed by atoms with Gasteiger partial charge in [0.15, 0.2) is 5.82 Å². The lowest BCUT2D eigenvalue weighted by Gasteiger charge is -2.05. The maximum atomic E-state index is 5.87. The molecule has 0 atom stereocenters. The Balaban J connectivity index is 1.53. The van der Waals surface area contributed by atoms with Crippen LogP contribution in [0.4, 0.5) is 11.8 Å². The summed E-state index contributed by atoms with van der Waals surface area (Å²) in [4.78, 5) is 12.7. The number of unbranched alkanes of at least 4 members (excludes halogenated alkanes) is 2. The highest BCUT2D eigenvalue weighted by Gasteiger charge is 2.06. The molecule has 5 nitrogen and oxygen atoms in total. The van der Waals surface area contributed by atoms with Crippen molar-refractivity contribution in [2.45, 2.75) is 32.1 Å². The summed E-state index contributed by atoms with van der Waals surface area (Å²) in [7, 11) is 0. The molecule has 0 aliphatic rings. The van der Waals surface area contributed by atoms with Crippen molar-refractivity contribution in [3.8, 4) is 0 Å². The SMILES string of the molecule is Nc1nc(N)c2nc(CCCCCc3ccccc3)ccc2n1. The molecule has 4 N–H and O–H groups in total. The van der Waals surface area contributed by atoms with E-state index in [1.54, 1.807) is 0 Å². The van der Waals surface area contributed by atoms with Crippen molar-refractivity contribution in [1.82, 2.24) is 15.0 Å². The van der Waals surface area contributed by atoms with Crippen LogP contribution >= 0.6 is 0 Å². The summed E-state index contributed by atoms with van der Waals surface area (Å²) >= 11 is 0. The van der Waals surface area contributed by atoms with Crippen LogP contribution in [-0.2, 0) is 12.8 Å². The Hall–Kier alpha value is -2.69. The number of hydrogen-bond donors (Lipinski definition) is 2. The molecule has 23 heavy (non-hydrogen) atoms. The summed E-state index contributed by atoms with van der Waals surface area (Å²) in [5.74, 6) is 0.531. The summed E-state index contributed by atoms with van der Waals surface area (Å²) in [5.41, 5.74) is 15.2. The lowest BCUT2D eigenvalue weighted by molar-refractivity contribution is 0.672. The number of nitrogens with zero attached hydrogens (tertiary/aromatic N) is 3. The second-order valence-electron chi connectivity index (χ2n) is 5.68. The zero-order valence-electron chi connectivity index (χ0n) is 13.1. The summed E-state index contributed by atoms with van der Waals surface area (Å²) in [6.07, 6.45) is 5.56. The van der Waals surface area contributed by atoms with Crippen molar-refractivity contribution in [2.24, 2.45) is 0 Å². The van der Waals surface area contributed by atoms with E-state index in [-0.39, 0.29) is 5.95 Å². The van der Waals surface area contributed by atoms with Gasteiger partial charge >= 0.3 is 0 Å². The van der Waals surface area contributed by atoms with Crippen LogP contribution in [0, 0.1) is 0 Å². The van der Waals surface area contributed by atoms with Crippen LogP contribution in [0.1, 0.15) is 30.5 Å². The third kappa shape index (κ3) is 3.94. The van der Waals surface area contributed by atoms with Gasteiger partial charge in [0.25, 0.3) is 0 Å². The Morgan fingerprint density at radius 3 is 2.35 bits per heavy atom. The van der Waals surface area contributed by atoms with E-state index in [2.05, 4.69) is 45.3 Å². The topological polar surface area (TPSA) is 90.7 Å². The zero-order chi connectivity index (χ0) is 16.1. The summed E-state index contributed by atoms with van der Waals surface area (Å²) in [6, 6.07) is 14.5. The normalized spacial score (nSPS) is 11.0. The number of hydrogen-bond acceptors (Lipinski definition) is 5. The summed E-state index contributed by atoms with van der Waals surface area (Å²) in [6.45, 7) is 0. The van der Waals surface area contributed by atoms with Gasteiger partial charge in [0.1, 0.15) is 5.52 Å². The molecule has 0 radical (unpaired) electrons. The Labute approximate surface area is 135 Å². The molecule has 0 spiro atoms. The quantitative estimate of drug-likeness (QED) is 0.683. The van der Waals surface area contributed by atoms with Gasteiger partial charge in [0, 0.05) is 5.69 Å². The molecule has 118 valence electrons. The number of anilines is 2. The van der Waals surface area contributed by atoms with Crippen LogP contribution in [0.3, 0.4) is 0 Å². The first kappa shape index (κ1) is 15.2. The van der Waals surface area contributed by atoms with Crippen LogP contribution in [0.5, 0.6) is 0 Å². The van der Waals surface area contributed by atoms with Crippen molar-refractivity contribution >= 4 is 22.8 Å². The Morgan fingerprint density at radius 1 is 0.739 bits per heavy atom. The van der Waals surface area contributed by atoms with E-state index < -0.39 is 0 Å². The molecule has 0 saturated heterocycles. The first-order chi connectivity index (χ1) is 11.2. The molecule has 0 bridgehead atoms. The van der Waals surface area contributed by atoms with E-state index in [4.69, 9.17) is 11.5 Å². The van der Waals surface area contributed by atoms with Gasteiger partial charge in [-0.25, -0.2) is 9.97 Å². The van der Waals surface area contributed by atoms with Gasteiger partial charge in [0.05, 0.1) is 5.52 Å². The molecule has 1 aromatic carbocycles. The van der Waals surface area contributed by atoms with Gasteiger partial charge in [-0.05, 0) is 43.4 Å². The number of nitrogen functional groups attached to an aromatic ring is 2. The van der Waals surface area contributed by atoms with Crippen LogP contribution in [-0.4, -0.2) is 15.0 Å². The third-order valence-corrected chi connectivity index (χ3v) is 3.89. The van der Waals surface area contributed by atoms with Gasteiger partial charge in [-0.15, -0.1) is 0 Å². The molecule has 5 heteroatoms. The van der Waals surface area contributed by atoms with E-state index in [0.717, 1.165) is 25.0 Å². The maximum absolute atomic E-state index is 5.87. The fourth-order valence-electron chi connectivity index (χ4n) is 2.69. The third-order valence-electron chi connectivity index (χ3n) is 3.89. The molecule has 0 unspecified atom stereocenters. The van der Waals surface area contributed by atoms with Crippen LogP contribution in [0.2, 0.25) is 0 Å². The minimum absolute atomic E-state index is 0.186. The highest BCUT2D eigenvalue weighted by Crippen LogP contribution is 2.18. The second kappa shape index (κ2) is 7.05. The molecular weight excluding hydrogens is 286 g/mol. The molecule has 0 aliphatic heterocycles. The first-order valence-corrected chi connectivity index (χ1v) is 7.95. The van der Waals surface area contributed by atoms with E-state index >= 15 is 0 Å². The number of rotatable bonds is 6. The number of aryl methyl sites for hydroxylation is 2. The molecule has 3 aromatic rings. The second-order valence-corrected chi connectivity index (χ2v) is 5.68.